The summed E-state index contributed by atoms with van der Waals surface area (Å²) in [7, 11) is 0. The maximum absolute atomic E-state index is 13.0. The van der Waals surface area contributed by atoms with Crippen molar-refractivity contribution >= 4 is 22.6 Å². The van der Waals surface area contributed by atoms with Crippen LogP contribution in [0.2, 0.25) is 0 Å². The summed E-state index contributed by atoms with van der Waals surface area (Å²) in [5.74, 6) is -0.915. The first kappa shape index (κ1) is 16.9. The molecule has 3 aromatic rings. The summed E-state index contributed by atoms with van der Waals surface area (Å²) in [6.07, 6.45) is -3.22. The van der Waals surface area contributed by atoms with E-state index in [1.807, 2.05) is 12.1 Å². The highest BCUT2D eigenvalue weighted by Crippen LogP contribution is 2.24. The van der Waals surface area contributed by atoms with Gasteiger partial charge in [0.05, 0.1) is 5.52 Å². The number of anilines is 1. The zero-order valence-electron chi connectivity index (χ0n) is 13.3. The van der Waals surface area contributed by atoms with Gasteiger partial charge in [-0.1, -0.05) is 24.3 Å². The van der Waals surface area contributed by atoms with Gasteiger partial charge in [0.2, 0.25) is 0 Å². The van der Waals surface area contributed by atoms with Gasteiger partial charge in [0.15, 0.2) is 0 Å². The van der Waals surface area contributed by atoms with Crippen LogP contribution in [0, 0.1) is 6.92 Å². The molecule has 0 fully saturated rings. The number of para-hydroxylation sites is 1. The maximum atomic E-state index is 13.0. The van der Waals surface area contributed by atoms with Crippen molar-refractivity contribution in [2.75, 3.05) is 11.4 Å². The van der Waals surface area contributed by atoms with Crippen LogP contribution >= 0.6 is 0 Å². The monoisotopic (exact) mass is 345 g/mol. The van der Waals surface area contributed by atoms with Crippen molar-refractivity contribution in [3.05, 3.63) is 66.0 Å². The molecule has 0 radical (unpaired) electrons. The minimum absolute atomic E-state index is 0.0499. The van der Waals surface area contributed by atoms with Gasteiger partial charge in [0.1, 0.15) is 18.1 Å². The Hall–Kier alpha value is -2.96. The Morgan fingerprint density at radius 3 is 2.52 bits per heavy atom. The lowest BCUT2D eigenvalue weighted by molar-refractivity contribution is -0.118. The molecule has 4 nitrogen and oxygen atoms in total. The Kier molecular flexibility index (Phi) is 4.39. The number of carbonyl (C=O) groups excluding carboxylic acids is 1. The molecule has 0 atom stereocenters. The first-order valence-corrected chi connectivity index (χ1v) is 7.51. The van der Waals surface area contributed by atoms with E-state index in [-0.39, 0.29) is 11.5 Å². The zero-order chi connectivity index (χ0) is 18.0. The third kappa shape index (κ3) is 3.76. The predicted octanol–water partition coefficient (Wildman–Crippen LogP) is 4.15. The summed E-state index contributed by atoms with van der Waals surface area (Å²) < 4.78 is 38.9. The molecule has 7 heteroatoms. The van der Waals surface area contributed by atoms with Crippen LogP contribution in [0.5, 0.6) is 0 Å². The summed E-state index contributed by atoms with van der Waals surface area (Å²) in [5, 5.41) is 0.847. The molecule has 0 spiro atoms. The molecule has 1 aromatic carbocycles. The fraction of sp³-hybridized carbons (Fsp3) is 0.167. The van der Waals surface area contributed by atoms with Crippen LogP contribution in [-0.4, -0.2) is 28.6 Å². The molecule has 3 rings (SSSR count). The highest BCUT2D eigenvalue weighted by atomic mass is 19.4. The molecule has 0 saturated heterocycles. The third-order valence-electron chi connectivity index (χ3n) is 3.65. The normalized spacial score (nSPS) is 11.5. The van der Waals surface area contributed by atoms with E-state index in [2.05, 4.69) is 9.97 Å². The van der Waals surface area contributed by atoms with Crippen LogP contribution < -0.4 is 4.90 Å². The van der Waals surface area contributed by atoms with Crippen LogP contribution in [0.3, 0.4) is 0 Å². The van der Waals surface area contributed by atoms with Gasteiger partial charge in [-0.3, -0.25) is 9.69 Å². The van der Waals surface area contributed by atoms with Crippen molar-refractivity contribution in [3.8, 4) is 0 Å². The van der Waals surface area contributed by atoms with Gasteiger partial charge in [-0.2, -0.15) is 13.2 Å². The summed E-state index contributed by atoms with van der Waals surface area (Å²) >= 11 is 0. The number of nitrogens with zero attached hydrogens (tertiary/aromatic N) is 3. The second kappa shape index (κ2) is 6.51. The number of amides is 1. The number of fused-ring (bicyclic) bond motifs is 1. The molecular formula is C18H14F3N3O. The second-order valence-electron chi connectivity index (χ2n) is 5.54. The number of alkyl halides is 3. The van der Waals surface area contributed by atoms with Gasteiger partial charge in [-0.05, 0) is 36.8 Å². The summed E-state index contributed by atoms with van der Waals surface area (Å²) in [5.41, 5.74) is 1.27. The Labute approximate surface area is 141 Å². The van der Waals surface area contributed by atoms with Gasteiger partial charge in [0.25, 0.3) is 5.91 Å². The van der Waals surface area contributed by atoms with Gasteiger partial charge < -0.3 is 0 Å². The number of pyridine rings is 2. The second-order valence-corrected chi connectivity index (χ2v) is 5.54. The minimum Gasteiger partial charge on any atom is -0.282 e. The zero-order valence-corrected chi connectivity index (χ0v) is 13.3. The summed E-state index contributed by atoms with van der Waals surface area (Å²) in [6, 6.07) is 13.1. The van der Waals surface area contributed by atoms with Gasteiger partial charge >= 0.3 is 6.18 Å². The first-order chi connectivity index (χ1) is 11.8. The average Bonchev–Trinajstić information content (AvgIpc) is 2.59. The minimum atomic E-state index is -4.56. The van der Waals surface area contributed by atoms with Gasteiger partial charge in [-0.25, -0.2) is 9.97 Å². The Bertz CT molecular complexity index is 910. The lowest BCUT2D eigenvalue weighted by atomic mass is 10.1. The number of halogens is 3. The highest BCUT2D eigenvalue weighted by Gasteiger charge is 2.35. The molecule has 0 aliphatic heterocycles. The van der Waals surface area contributed by atoms with E-state index in [1.54, 1.807) is 25.1 Å². The van der Waals surface area contributed by atoms with Crippen LogP contribution in [0.15, 0.2) is 54.7 Å². The molecule has 2 heterocycles. The number of aryl methyl sites for hydroxylation is 1. The molecular weight excluding hydrogens is 331 g/mol. The molecule has 0 aliphatic carbocycles. The Morgan fingerprint density at radius 2 is 1.84 bits per heavy atom. The van der Waals surface area contributed by atoms with E-state index < -0.39 is 18.6 Å². The van der Waals surface area contributed by atoms with E-state index in [0.717, 1.165) is 10.9 Å². The van der Waals surface area contributed by atoms with E-state index in [1.165, 1.54) is 24.4 Å². The predicted molar refractivity (Wildman–Crippen MR) is 88.4 cm³/mol. The third-order valence-corrected chi connectivity index (χ3v) is 3.65. The van der Waals surface area contributed by atoms with Gasteiger partial charge in [-0.15, -0.1) is 0 Å². The topological polar surface area (TPSA) is 46.1 Å². The largest absolute Gasteiger partial charge is 0.406 e. The summed E-state index contributed by atoms with van der Waals surface area (Å²) in [6.45, 7) is 0.353. The highest BCUT2D eigenvalue weighted by molar-refractivity contribution is 6.05. The van der Waals surface area contributed by atoms with E-state index in [9.17, 15) is 18.0 Å². The molecule has 0 bridgehead atoms. The van der Waals surface area contributed by atoms with Crippen molar-refractivity contribution < 1.29 is 18.0 Å². The molecule has 0 aliphatic rings. The fourth-order valence-electron chi connectivity index (χ4n) is 2.55. The van der Waals surface area contributed by atoms with E-state index in [4.69, 9.17) is 0 Å². The Morgan fingerprint density at radius 1 is 1.12 bits per heavy atom. The number of benzene rings is 1. The van der Waals surface area contributed by atoms with Crippen LogP contribution in [0.25, 0.3) is 10.9 Å². The molecule has 2 aromatic heterocycles. The number of hydrogen-bond donors (Lipinski definition) is 0. The lowest BCUT2D eigenvalue weighted by Gasteiger charge is -2.23. The number of aromatic nitrogens is 2. The standard InChI is InChI=1S/C18H14F3N3O/c1-12-10-15(23-14-7-3-2-6-13(12)14)17(25)24(11-18(19,20)21)16-8-4-5-9-22-16/h2-10H,11H2,1H3. The van der Waals surface area contributed by atoms with Crippen molar-refractivity contribution in [2.24, 2.45) is 0 Å². The molecule has 0 N–H and O–H groups in total. The van der Waals surface area contributed by atoms with Crippen LogP contribution in [-0.2, 0) is 0 Å². The number of rotatable bonds is 3. The van der Waals surface area contributed by atoms with E-state index in [0.29, 0.717) is 10.4 Å². The lowest BCUT2D eigenvalue weighted by Crippen LogP contribution is -2.40. The smallest absolute Gasteiger partial charge is 0.282 e. The molecule has 1 amide bonds. The van der Waals surface area contributed by atoms with Gasteiger partial charge in [0, 0.05) is 11.6 Å². The molecule has 0 saturated carbocycles. The van der Waals surface area contributed by atoms with Crippen molar-refractivity contribution in [1.82, 2.24) is 9.97 Å². The van der Waals surface area contributed by atoms with Crippen molar-refractivity contribution in [1.29, 1.82) is 0 Å². The fourth-order valence-corrected chi connectivity index (χ4v) is 2.55. The van der Waals surface area contributed by atoms with Crippen LogP contribution in [0.4, 0.5) is 19.0 Å². The molecule has 0 unspecified atom stereocenters. The number of carbonyl (C=O) groups is 1. The Balaban J connectivity index is 2.06. The maximum Gasteiger partial charge on any atom is 0.406 e. The number of hydrogen-bond acceptors (Lipinski definition) is 3. The molecule has 25 heavy (non-hydrogen) atoms. The average molecular weight is 345 g/mol. The summed E-state index contributed by atoms with van der Waals surface area (Å²) in [4.78, 5) is 21.4. The van der Waals surface area contributed by atoms with E-state index >= 15 is 0 Å². The SMILES string of the molecule is Cc1cc(C(=O)N(CC(F)(F)F)c2ccccn2)nc2ccccc12. The molecule has 128 valence electrons. The quantitative estimate of drug-likeness (QED) is 0.716. The first-order valence-electron chi connectivity index (χ1n) is 7.51. The van der Waals surface area contributed by atoms with Crippen molar-refractivity contribution in [2.45, 2.75) is 13.1 Å². The van der Waals surface area contributed by atoms with Crippen LogP contribution in [0.1, 0.15) is 16.1 Å². The van der Waals surface area contributed by atoms with Crippen molar-refractivity contribution in [3.63, 3.8) is 0 Å².